The first-order valence-corrected chi connectivity index (χ1v) is 8.53. The standard InChI is InChI=1S/C16H20N4OS/c21-16(15-10-17-4-5-18-15)19-9-13-1-6-20(7-2-13)11-14-3-8-22-12-14/h3-5,8,10,12-13H,1-2,6-7,9,11H2,(H,19,21). The van der Waals surface area contributed by atoms with Crippen molar-refractivity contribution in [3.8, 4) is 0 Å². The molecule has 3 rings (SSSR count). The Morgan fingerprint density at radius 3 is 2.91 bits per heavy atom. The van der Waals surface area contributed by atoms with Crippen molar-refractivity contribution in [1.29, 1.82) is 0 Å². The van der Waals surface area contributed by atoms with Crippen LogP contribution in [0.25, 0.3) is 0 Å². The molecule has 22 heavy (non-hydrogen) atoms. The molecule has 0 spiro atoms. The second-order valence-corrected chi connectivity index (χ2v) is 6.43. The Hall–Kier alpha value is -1.79. The average molecular weight is 316 g/mol. The van der Waals surface area contributed by atoms with Crippen molar-refractivity contribution in [2.75, 3.05) is 19.6 Å². The molecular weight excluding hydrogens is 296 g/mol. The molecule has 0 radical (unpaired) electrons. The molecule has 0 bridgehead atoms. The van der Waals surface area contributed by atoms with Gasteiger partial charge in [-0.2, -0.15) is 11.3 Å². The molecule has 0 aliphatic carbocycles. The number of piperidine rings is 1. The molecule has 1 aliphatic heterocycles. The van der Waals surface area contributed by atoms with Crippen LogP contribution in [0.5, 0.6) is 0 Å². The van der Waals surface area contributed by atoms with E-state index in [9.17, 15) is 4.79 Å². The van der Waals surface area contributed by atoms with Crippen LogP contribution in [0.1, 0.15) is 28.9 Å². The Morgan fingerprint density at radius 2 is 2.23 bits per heavy atom. The van der Waals surface area contributed by atoms with Crippen molar-refractivity contribution in [3.05, 3.63) is 46.7 Å². The average Bonchev–Trinajstić information content (AvgIpc) is 3.08. The van der Waals surface area contributed by atoms with Gasteiger partial charge in [-0.3, -0.25) is 14.7 Å². The molecule has 3 heterocycles. The predicted molar refractivity (Wildman–Crippen MR) is 86.7 cm³/mol. The molecule has 116 valence electrons. The zero-order valence-electron chi connectivity index (χ0n) is 12.4. The molecule has 5 nitrogen and oxygen atoms in total. The number of likely N-dealkylation sites (tertiary alicyclic amines) is 1. The lowest BCUT2D eigenvalue weighted by Crippen LogP contribution is -2.38. The Labute approximate surface area is 134 Å². The summed E-state index contributed by atoms with van der Waals surface area (Å²) in [4.78, 5) is 22.4. The van der Waals surface area contributed by atoms with Gasteiger partial charge >= 0.3 is 0 Å². The molecule has 1 saturated heterocycles. The first kappa shape index (κ1) is 15.1. The first-order valence-electron chi connectivity index (χ1n) is 7.59. The van der Waals surface area contributed by atoms with Crippen molar-refractivity contribution >= 4 is 17.2 Å². The van der Waals surface area contributed by atoms with Crippen molar-refractivity contribution in [2.24, 2.45) is 5.92 Å². The van der Waals surface area contributed by atoms with E-state index in [2.05, 4.69) is 37.0 Å². The molecule has 2 aromatic heterocycles. The molecule has 1 aliphatic rings. The minimum Gasteiger partial charge on any atom is -0.350 e. The van der Waals surface area contributed by atoms with E-state index in [1.54, 1.807) is 17.5 Å². The Balaban J connectivity index is 1.40. The Bertz CT molecular complexity index is 579. The predicted octanol–water partition coefficient (Wildman–Crippen LogP) is 2.18. The van der Waals surface area contributed by atoms with E-state index < -0.39 is 0 Å². The number of hydrogen-bond acceptors (Lipinski definition) is 5. The van der Waals surface area contributed by atoms with Crippen LogP contribution < -0.4 is 5.32 Å². The van der Waals surface area contributed by atoms with Crippen molar-refractivity contribution in [2.45, 2.75) is 19.4 Å². The van der Waals surface area contributed by atoms with Crippen LogP contribution in [0.3, 0.4) is 0 Å². The molecule has 0 saturated carbocycles. The van der Waals surface area contributed by atoms with Crippen LogP contribution in [0, 0.1) is 5.92 Å². The van der Waals surface area contributed by atoms with E-state index in [4.69, 9.17) is 0 Å². The van der Waals surface area contributed by atoms with Crippen LogP contribution in [0.4, 0.5) is 0 Å². The fourth-order valence-electron chi connectivity index (χ4n) is 2.73. The summed E-state index contributed by atoms with van der Waals surface area (Å²) in [6.45, 7) is 3.97. The number of thiophene rings is 1. The highest BCUT2D eigenvalue weighted by Gasteiger charge is 2.20. The van der Waals surface area contributed by atoms with E-state index in [1.165, 1.54) is 18.0 Å². The molecule has 0 unspecified atom stereocenters. The zero-order chi connectivity index (χ0) is 15.2. The fraction of sp³-hybridized carbons (Fsp3) is 0.438. The fourth-order valence-corrected chi connectivity index (χ4v) is 3.39. The minimum absolute atomic E-state index is 0.131. The Kier molecular flexibility index (Phi) is 5.13. The summed E-state index contributed by atoms with van der Waals surface area (Å²) in [6.07, 6.45) is 6.87. The van der Waals surface area contributed by atoms with Crippen LogP contribution in [-0.2, 0) is 6.54 Å². The molecule has 6 heteroatoms. The van der Waals surface area contributed by atoms with Crippen molar-refractivity contribution < 1.29 is 4.79 Å². The van der Waals surface area contributed by atoms with Gasteiger partial charge in [-0.1, -0.05) is 0 Å². The Morgan fingerprint density at radius 1 is 1.36 bits per heavy atom. The number of nitrogens with zero attached hydrogens (tertiary/aromatic N) is 3. The lowest BCUT2D eigenvalue weighted by molar-refractivity contribution is 0.0930. The second-order valence-electron chi connectivity index (χ2n) is 5.65. The second kappa shape index (κ2) is 7.47. The monoisotopic (exact) mass is 316 g/mol. The van der Waals surface area contributed by atoms with Crippen LogP contribution >= 0.6 is 11.3 Å². The summed E-state index contributed by atoms with van der Waals surface area (Å²) >= 11 is 1.75. The summed E-state index contributed by atoms with van der Waals surface area (Å²) in [5, 5.41) is 7.32. The van der Waals surface area contributed by atoms with Gasteiger partial charge in [-0.25, -0.2) is 4.98 Å². The van der Waals surface area contributed by atoms with Crippen molar-refractivity contribution in [1.82, 2.24) is 20.2 Å². The van der Waals surface area contributed by atoms with Gasteiger partial charge in [0.1, 0.15) is 5.69 Å². The number of hydrogen-bond donors (Lipinski definition) is 1. The quantitative estimate of drug-likeness (QED) is 0.918. The lowest BCUT2D eigenvalue weighted by atomic mass is 9.96. The molecule has 2 aromatic rings. The van der Waals surface area contributed by atoms with Gasteiger partial charge in [0.2, 0.25) is 0 Å². The van der Waals surface area contributed by atoms with E-state index in [0.29, 0.717) is 11.6 Å². The van der Waals surface area contributed by atoms with Gasteiger partial charge in [-0.05, 0) is 54.2 Å². The summed E-state index contributed by atoms with van der Waals surface area (Å²) in [6, 6.07) is 2.19. The van der Waals surface area contributed by atoms with Gasteiger partial charge in [0.15, 0.2) is 0 Å². The molecule has 0 aromatic carbocycles. The van der Waals surface area contributed by atoms with E-state index in [-0.39, 0.29) is 5.91 Å². The van der Waals surface area contributed by atoms with Gasteiger partial charge < -0.3 is 5.32 Å². The summed E-state index contributed by atoms with van der Waals surface area (Å²) in [5.41, 5.74) is 1.79. The maximum absolute atomic E-state index is 11.9. The first-order chi connectivity index (χ1) is 10.8. The van der Waals surface area contributed by atoms with E-state index in [0.717, 1.165) is 39.0 Å². The summed E-state index contributed by atoms with van der Waals surface area (Å²) in [7, 11) is 0. The van der Waals surface area contributed by atoms with Gasteiger partial charge in [0.25, 0.3) is 5.91 Å². The topological polar surface area (TPSA) is 58.1 Å². The molecular formula is C16H20N4OS. The van der Waals surface area contributed by atoms with Crippen LogP contribution in [0.2, 0.25) is 0 Å². The highest BCUT2D eigenvalue weighted by molar-refractivity contribution is 7.07. The zero-order valence-corrected chi connectivity index (χ0v) is 13.3. The lowest BCUT2D eigenvalue weighted by Gasteiger charge is -2.31. The number of carbonyl (C=O) groups is 1. The SMILES string of the molecule is O=C(NCC1CCN(Cc2ccsc2)CC1)c1cnccn1. The summed E-state index contributed by atoms with van der Waals surface area (Å²) < 4.78 is 0. The third-order valence-electron chi connectivity index (χ3n) is 4.04. The van der Waals surface area contributed by atoms with Crippen molar-refractivity contribution in [3.63, 3.8) is 0 Å². The van der Waals surface area contributed by atoms with Gasteiger partial charge in [0, 0.05) is 25.5 Å². The highest BCUT2D eigenvalue weighted by Crippen LogP contribution is 2.19. The largest absolute Gasteiger partial charge is 0.350 e. The van der Waals surface area contributed by atoms with E-state index >= 15 is 0 Å². The summed E-state index contributed by atoms with van der Waals surface area (Å²) in [5.74, 6) is 0.424. The normalized spacial score (nSPS) is 16.5. The smallest absolute Gasteiger partial charge is 0.271 e. The molecule has 1 N–H and O–H groups in total. The number of aromatic nitrogens is 2. The van der Waals surface area contributed by atoms with Crippen LogP contribution in [0.15, 0.2) is 35.4 Å². The minimum atomic E-state index is -0.131. The maximum Gasteiger partial charge on any atom is 0.271 e. The number of nitrogens with one attached hydrogen (secondary N) is 1. The third kappa shape index (κ3) is 4.11. The van der Waals surface area contributed by atoms with Gasteiger partial charge in [0.05, 0.1) is 6.20 Å². The molecule has 0 atom stereocenters. The molecule has 1 amide bonds. The van der Waals surface area contributed by atoms with Crippen LogP contribution in [-0.4, -0.2) is 40.4 Å². The van der Waals surface area contributed by atoms with Gasteiger partial charge in [-0.15, -0.1) is 0 Å². The number of rotatable bonds is 5. The third-order valence-corrected chi connectivity index (χ3v) is 4.77. The number of amides is 1. The van der Waals surface area contributed by atoms with E-state index in [1.807, 2.05) is 0 Å². The number of carbonyl (C=O) groups excluding carboxylic acids is 1. The molecule has 1 fully saturated rings. The maximum atomic E-state index is 11.9. The highest BCUT2D eigenvalue weighted by atomic mass is 32.1.